The van der Waals surface area contributed by atoms with E-state index >= 15 is 0 Å². The van der Waals surface area contributed by atoms with Gasteiger partial charge < -0.3 is 10.6 Å². The summed E-state index contributed by atoms with van der Waals surface area (Å²) in [5, 5.41) is 8.62. The van der Waals surface area contributed by atoms with Gasteiger partial charge in [0.15, 0.2) is 5.17 Å². The fourth-order valence-electron chi connectivity index (χ4n) is 2.44. The number of thioether (sulfide) groups is 1. The predicted octanol–water partition coefficient (Wildman–Crippen LogP) is 4.50. The zero-order valence-corrected chi connectivity index (χ0v) is 16.5. The molecule has 26 heavy (non-hydrogen) atoms. The Morgan fingerprint density at radius 2 is 1.81 bits per heavy atom. The maximum Gasteiger partial charge on any atom is 0.180 e. The Labute approximate surface area is 161 Å². The summed E-state index contributed by atoms with van der Waals surface area (Å²) < 4.78 is 0. The molecule has 0 atom stereocenters. The van der Waals surface area contributed by atoms with Crippen molar-refractivity contribution in [2.24, 2.45) is 15.9 Å². The molecule has 0 bridgehead atoms. The molecule has 138 valence electrons. The number of rotatable bonds is 9. The van der Waals surface area contributed by atoms with E-state index in [1.807, 2.05) is 18.2 Å². The highest BCUT2D eigenvalue weighted by atomic mass is 32.2. The Kier molecular flexibility index (Phi) is 8.93. The lowest BCUT2D eigenvalue weighted by molar-refractivity contribution is 0.321. The number of hydrogen-bond donors (Lipinski definition) is 1. The lowest BCUT2D eigenvalue weighted by atomic mass is 10.1. The molecular formula is C21H28N4S. The molecule has 0 amide bonds. The molecule has 0 aliphatic heterocycles. The molecule has 0 aromatic heterocycles. The van der Waals surface area contributed by atoms with Gasteiger partial charge in [-0.25, -0.2) is 0 Å². The van der Waals surface area contributed by atoms with E-state index in [2.05, 4.69) is 65.5 Å². The van der Waals surface area contributed by atoms with Gasteiger partial charge in [-0.3, -0.25) is 0 Å². The van der Waals surface area contributed by atoms with Gasteiger partial charge in [-0.05, 0) is 36.7 Å². The van der Waals surface area contributed by atoms with Crippen LogP contribution < -0.4 is 5.73 Å². The topological polar surface area (TPSA) is 54.0 Å². The summed E-state index contributed by atoms with van der Waals surface area (Å²) in [6, 6.07) is 18.6. The Morgan fingerprint density at radius 1 is 1.08 bits per heavy atom. The molecular weight excluding hydrogens is 340 g/mol. The molecule has 5 heteroatoms. The highest BCUT2D eigenvalue weighted by molar-refractivity contribution is 8.13. The first-order valence-corrected chi connectivity index (χ1v) is 9.96. The van der Waals surface area contributed by atoms with Gasteiger partial charge in [0.05, 0.1) is 6.21 Å². The van der Waals surface area contributed by atoms with Gasteiger partial charge in [-0.2, -0.15) is 5.10 Å². The van der Waals surface area contributed by atoms with E-state index in [0.29, 0.717) is 5.17 Å². The second kappa shape index (κ2) is 11.5. The number of unbranched alkanes of at least 4 members (excludes halogenated alkanes) is 1. The van der Waals surface area contributed by atoms with E-state index in [1.54, 1.807) is 6.21 Å². The van der Waals surface area contributed by atoms with Gasteiger partial charge in [-0.1, -0.05) is 79.7 Å². The zero-order valence-electron chi connectivity index (χ0n) is 15.6. The summed E-state index contributed by atoms with van der Waals surface area (Å²) in [6.07, 6.45) is 4.20. The third-order valence-electron chi connectivity index (χ3n) is 3.92. The summed E-state index contributed by atoms with van der Waals surface area (Å²) >= 11 is 1.49. The van der Waals surface area contributed by atoms with Crippen molar-refractivity contribution in [1.82, 2.24) is 4.90 Å². The molecule has 0 aliphatic carbocycles. The van der Waals surface area contributed by atoms with Crippen molar-refractivity contribution >= 4 is 23.1 Å². The van der Waals surface area contributed by atoms with Crippen LogP contribution in [0, 0.1) is 0 Å². The number of nitrogens with two attached hydrogens (primary N) is 1. The van der Waals surface area contributed by atoms with E-state index in [-0.39, 0.29) is 0 Å². The van der Waals surface area contributed by atoms with Crippen LogP contribution >= 0.6 is 11.8 Å². The zero-order chi connectivity index (χ0) is 18.6. The SMILES string of the molecule is CCCCN(C)Cc1ccc(C=NN=C(N)SCc2ccccc2)cc1. The molecule has 4 nitrogen and oxygen atoms in total. The van der Waals surface area contributed by atoms with Crippen LogP contribution in [-0.4, -0.2) is 29.9 Å². The van der Waals surface area contributed by atoms with Crippen LogP contribution in [0.3, 0.4) is 0 Å². The van der Waals surface area contributed by atoms with Crippen LogP contribution in [0.15, 0.2) is 64.8 Å². The summed E-state index contributed by atoms with van der Waals surface area (Å²) in [7, 11) is 2.16. The van der Waals surface area contributed by atoms with Crippen LogP contribution in [-0.2, 0) is 12.3 Å². The van der Waals surface area contributed by atoms with Crippen molar-refractivity contribution in [2.75, 3.05) is 13.6 Å². The van der Waals surface area contributed by atoms with Crippen molar-refractivity contribution in [3.05, 3.63) is 71.3 Å². The molecule has 2 rings (SSSR count). The first kappa shape index (κ1) is 20.2. The number of nitrogens with zero attached hydrogens (tertiary/aromatic N) is 3. The van der Waals surface area contributed by atoms with E-state index in [4.69, 9.17) is 5.73 Å². The quantitative estimate of drug-likeness (QED) is 0.403. The minimum Gasteiger partial charge on any atom is -0.377 e. The van der Waals surface area contributed by atoms with Crippen molar-refractivity contribution in [3.63, 3.8) is 0 Å². The monoisotopic (exact) mass is 368 g/mol. The van der Waals surface area contributed by atoms with Gasteiger partial charge in [0.2, 0.25) is 0 Å². The Morgan fingerprint density at radius 3 is 2.50 bits per heavy atom. The van der Waals surface area contributed by atoms with E-state index in [9.17, 15) is 0 Å². The molecule has 0 aliphatic rings. The summed E-state index contributed by atoms with van der Waals surface area (Å²) in [6.45, 7) is 4.32. The molecule has 0 saturated carbocycles. The highest BCUT2D eigenvalue weighted by Gasteiger charge is 2.00. The van der Waals surface area contributed by atoms with Gasteiger partial charge >= 0.3 is 0 Å². The average molecular weight is 369 g/mol. The molecule has 2 aromatic carbocycles. The van der Waals surface area contributed by atoms with E-state index in [1.165, 1.54) is 35.7 Å². The molecule has 0 fully saturated rings. The second-order valence-electron chi connectivity index (χ2n) is 6.29. The standard InChI is InChI=1S/C21H28N4S/c1-3-4-14-25(2)16-19-12-10-18(11-13-19)15-23-24-21(22)26-17-20-8-6-5-7-9-20/h5-13,15H,3-4,14,16-17H2,1-2H3,(H2,22,24). The predicted molar refractivity (Wildman–Crippen MR) is 115 cm³/mol. The maximum absolute atomic E-state index is 5.90. The fraction of sp³-hybridized carbons (Fsp3) is 0.333. The van der Waals surface area contributed by atoms with Crippen molar-refractivity contribution in [3.8, 4) is 0 Å². The lowest BCUT2D eigenvalue weighted by Crippen LogP contribution is -2.18. The molecule has 0 unspecified atom stereocenters. The van der Waals surface area contributed by atoms with Crippen LogP contribution in [0.5, 0.6) is 0 Å². The normalized spacial score (nSPS) is 12.2. The molecule has 0 spiro atoms. The first-order valence-electron chi connectivity index (χ1n) is 8.98. The molecule has 2 aromatic rings. The molecule has 0 radical (unpaired) electrons. The summed E-state index contributed by atoms with van der Waals surface area (Å²) in [5.74, 6) is 0.798. The Hall–Kier alpha value is -2.11. The van der Waals surface area contributed by atoms with Crippen molar-refractivity contribution in [2.45, 2.75) is 32.1 Å². The van der Waals surface area contributed by atoms with Gasteiger partial charge in [0.1, 0.15) is 0 Å². The minimum absolute atomic E-state index is 0.472. The van der Waals surface area contributed by atoms with Gasteiger partial charge in [0.25, 0.3) is 0 Å². The Balaban J connectivity index is 1.80. The minimum atomic E-state index is 0.472. The van der Waals surface area contributed by atoms with Gasteiger partial charge in [-0.15, -0.1) is 5.10 Å². The lowest BCUT2D eigenvalue weighted by Gasteiger charge is -2.16. The average Bonchev–Trinajstić information content (AvgIpc) is 2.67. The smallest absolute Gasteiger partial charge is 0.180 e. The van der Waals surface area contributed by atoms with Crippen LogP contribution in [0.1, 0.15) is 36.5 Å². The maximum atomic E-state index is 5.90. The summed E-state index contributed by atoms with van der Waals surface area (Å²) in [5.41, 5.74) is 9.45. The molecule has 2 N–H and O–H groups in total. The Bertz CT molecular complexity index is 696. The molecule has 0 saturated heterocycles. The third kappa shape index (κ3) is 7.85. The number of benzene rings is 2. The van der Waals surface area contributed by atoms with Crippen LogP contribution in [0.25, 0.3) is 0 Å². The third-order valence-corrected chi connectivity index (χ3v) is 4.77. The van der Waals surface area contributed by atoms with E-state index < -0.39 is 0 Å². The first-order chi connectivity index (χ1) is 12.7. The number of hydrogen-bond acceptors (Lipinski definition) is 4. The van der Waals surface area contributed by atoms with Crippen LogP contribution in [0.2, 0.25) is 0 Å². The largest absolute Gasteiger partial charge is 0.377 e. The summed E-state index contributed by atoms with van der Waals surface area (Å²) in [4.78, 5) is 2.35. The highest BCUT2D eigenvalue weighted by Crippen LogP contribution is 2.11. The van der Waals surface area contributed by atoms with Crippen molar-refractivity contribution < 1.29 is 0 Å². The van der Waals surface area contributed by atoms with Gasteiger partial charge in [0, 0.05) is 12.3 Å². The van der Waals surface area contributed by atoms with Crippen molar-refractivity contribution in [1.29, 1.82) is 0 Å². The molecule has 0 heterocycles. The van der Waals surface area contributed by atoms with Crippen LogP contribution in [0.4, 0.5) is 0 Å². The van der Waals surface area contributed by atoms with E-state index in [0.717, 1.165) is 24.4 Å². The number of amidine groups is 1. The second-order valence-corrected chi connectivity index (χ2v) is 7.29. The fourth-order valence-corrected chi connectivity index (χ4v) is 3.05.